The molecule has 10 heteroatoms. The average molecular weight is 437 g/mol. The Bertz CT molecular complexity index is 1000. The normalized spacial score (nSPS) is 20.6. The molecule has 1 saturated heterocycles. The summed E-state index contributed by atoms with van der Waals surface area (Å²) >= 11 is 1.22. The van der Waals surface area contributed by atoms with Crippen molar-refractivity contribution in [1.82, 2.24) is 19.0 Å². The van der Waals surface area contributed by atoms with Gasteiger partial charge in [-0.15, -0.1) is 11.3 Å². The Balaban J connectivity index is 1.31. The van der Waals surface area contributed by atoms with Crippen molar-refractivity contribution < 1.29 is 17.9 Å². The fourth-order valence-corrected chi connectivity index (χ4v) is 6.56. The highest BCUT2D eigenvalue weighted by Gasteiger charge is 2.34. The minimum atomic E-state index is -3.48. The predicted molar refractivity (Wildman–Crippen MR) is 107 cm³/mol. The molecule has 4 heterocycles. The lowest BCUT2D eigenvalue weighted by Crippen LogP contribution is -2.50. The monoisotopic (exact) mass is 436 g/mol. The average Bonchev–Trinajstić information content (AvgIpc) is 3.24. The van der Waals surface area contributed by atoms with Gasteiger partial charge in [0.25, 0.3) is 15.9 Å². The molecule has 1 saturated carbocycles. The Morgan fingerprint density at radius 2 is 2.03 bits per heavy atom. The van der Waals surface area contributed by atoms with Crippen molar-refractivity contribution in [2.75, 3.05) is 32.8 Å². The van der Waals surface area contributed by atoms with E-state index in [9.17, 15) is 13.2 Å². The SMILES string of the molecule is O=C(c1nn(CC2CC2)c2c1COCC2)N1CCN(S(=O)(=O)c2cccs2)CC1. The number of hydrogen-bond donors (Lipinski definition) is 0. The van der Waals surface area contributed by atoms with Crippen LogP contribution in [-0.2, 0) is 34.3 Å². The Labute approximate surface area is 174 Å². The number of piperazine rings is 1. The molecule has 156 valence electrons. The lowest BCUT2D eigenvalue weighted by Gasteiger charge is -2.33. The van der Waals surface area contributed by atoms with Gasteiger partial charge in [-0.1, -0.05) is 6.07 Å². The number of carbonyl (C=O) groups is 1. The number of rotatable bonds is 5. The van der Waals surface area contributed by atoms with E-state index in [0.29, 0.717) is 55.2 Å². The Morgan fingerprint density at radius 3 is 2.72 bits per heavy atom. The second-order valence-corrected chi connectivity index (χ2v) is 10.9. The predicted octanol–water partition coefficient (Wildman–Crippen LogP) is 1.57. The number of nitrogens with zero attached hydrogens (tertiary/aromatic N) is 4. The van der Waals surface area contributed by atoms with Crippen molar-refractivity contribution in [3.05, 3.63) is 34.5 Å². The Kier molecular flexibility index (Phi) is 4.97. The number of aromatic nitrogens is 2. The molecule has 8 nitrogen and oxygen atoms in total. The molecule has 2 fully saturated rings. The van der Waals surface area contributed by atoms with Crippen LogP contribution in [-0.4, -0.2) is 66.1 Å². The van der Waals surface area contributed by atoms with Crippen LogP contribution in [0.25, 0.3) is 0 Å². The minimum absolute atomic E-state index is 0.116. The van der Waals surface area contributed by atoms with Crippen LogP contribution in [0, 0.1) is 5.92 Å². The third-order valence-corrected chi connectivity index (χ3v) is 9.11. The van der Waals surface area contributed by atoms with Crippen molar-refractivity contribution >= 4 is 27.3 Å². The molecule has 0 N–H and O–H groups in total. The summed E-state index contributed by atoms with van der Waals surface area (Å²) in [6.07, 6.45) is 3.25. The molecule has 1 aliphatic carbocycles. The second-order valence-electron chi connectivity index (χ2n) is 7.83. The summed E-state index contributed by atoms with van der Waals surface area (Å²) in [5, 5.41) is 6.43. The number of carbonyl (C=O) groups excluding carboxylic acids is 1. The van der Waals surface area contributed by atoms with Crippen LogP contribution in [0.1, 0.15) is 34.6 Å². The van der Waals surface area contributed by atoms with Crippen LogP contribution >= 0.6 is 11.3 Å². The van der Waals surface area contributed by atoms with E-state index in [0.717, 1.165) is 24.2 Å². The van der Waals surface area contributed by atoms with Gasteiger partial charge in [-0.3, -0.25) is 9.48 Å². The van der Waals surface area contributed by atoms with Crippen LogP contribution in [0.4, 0.5) is 0 Å². The quantitative estimate of drug-likeness (QED) is 0.710. The van der Waals surface area contributed by atoms with Crippen molar-refractivity contribution in [2.24, 2.45) is 5.92 Å². The summed E-state index contributed by atoms with van der Waals surface area (Å²) < 4.78 is 34.8. The number of ether oxygens (including phenoxy) is 1. The molecule has 2 aromatic rings. The zero-order valence-corrected chi connectivity index (χ0v) is 17.8. The van der Waals surface area contributed by atoms with Crippen LogP contribution < -0.4 is 0 Å². The first-order chi connectivity index (χ1) is 14.0. The molecule has 2 aliphatic heterocycles. The molecule has 2 aromatic heterocycles. The van der Waals surface area contributed by atoms with Crippen LogP contribution in [0.3, 0.4) is 0 Å². The zero-order chi connectivity index (χ0) is 20.0. The molecule has 0 unspecified atom stereocenters. The topological polar surface area (TPSA) is 84.7 Å². The van der Waals surface area contributed by atoms with Gasteiger partial charge in [-0.05, 0) is 30.2 Å². The molecular formula is C19H24N4O4S2. The van der Waals surface area contributed by atoms with Crippen molar-refractivity contribution in [1.29, 1.82) is 0 Å². The van der Waals surface area contributed by atoms with Gasteiger partial charge >= 0.3 is 0 Å². The number of fused-ring (bicyclic) bond motifs is 1. The maximum absolute atomic E-state index is 13.2. The molecule has 1 amide bonds. The van der Waals surface area contributed by atoms with E-state index < -0.39 is 10.0 Å². The summed E-state index contributed by atoms with van der Waals surface area (Å²) in [5.41, 5.74) is 2.52. The van der Waals surface area contributed by atoms with Crippen LogP contribution in [0.15, 0.2) is 21.7 Å². The molecular weight excluding hydrogens is 412 g/mol. The van der Waals surface area contributed by atoms with E-state index in [1.54, 1.807) is 22.4 Å². The van der Waals surface area contributed by atoms with Crippen LogP contribution in [0.5, 0.6) is 0 Å². The van der Waals surface area contributed by atoms with Gasteiger partial charge in [-0.2, -0.15) is 9.40 Å². The van der Waals surface area contributed by atoms with E-state index in [4.69, 9.17) is 4.74 Å². The number of hydrogen-bond acceptors (Lipinski definition) is 6. The molecule has 3 aliphatic rings. The number of thiophene rings is 1. The van der Waals surface area contributed by atoms with E-state index in [2.05, 4.69) is 5.10 Å². The third kappa shape index (κ3) is 3.63. The van der Waals surface area contributed by atoms with Gasteiger partial charge in [0.15, 0.2) is 5.69 Å². The molecule has 29 heavy (non-hydrogen) atoms. The molecule has 0 bridgehead atoms. The summed E-state index contributed by atoms with van der Waals surface area (Å²) in [7, 11) is -3.48. The Hall–Kier alpha value is -1.75. The van der Waals surface area contributed by atoms with Gasteiger partial charge in [-0.25, -0.2) is 8.42 Å². The molecule has 0 spiro atoms. The maximum atomic E-state index is 13.2. The highest BCUT2D eigenvalue weighted by molar-refractivity contribution is 7.91. The number of amides is 1. The lowest BCUT2D eigenvalue weighted by molar-refractivity contribution is 0.0680. The fraction of sp³-hybridized carbons (Fsp3) is 0.579. The largest absolute Gasteiger partial charge is 0.376 e. The summed E-state index contributed by atoms with van der Waals surface area (Å²) in [4.78, 5) is 14.9. The first-order valence-electron chi connectivity index (χ1n) is 10.0. The highest BCUT2D eigenvalue weighted by atomic mass is 32.2. The van der Waals surface area contributed by atoms with Crippen molar-refractivity contribution in [3.8, 4) is 0 Å². The first-order valence-corrected chi connectivity index (χ1v) is 12.4. The molecule has 0 radical (unpaired) electrons. The smallest absolute Gasteiger partial charge is 0.274 e. The first kappa shape index (κ1) is 19.2. The van der Waals surface area contributed by atoms with Crippen LogP contribution in [0.2, 0.25) is 0 Å². The van der Waals surface area contributed by atoms with Gasteiger partial charge in [0, 0.05) is 50.4 Å². The summed E-state index contributed by atoms with van der Waals surface area (Å²) in [5.74, 6) is 0.560. The summed E-state index contributed by atoms with van der Waals surface area (Å²) in [6, 6.07) is 3.36. The fourth-order valence-electron chi connectivity index (χ4n) is 4.00. The van der Waals surface area contributed by atoms with Crippen molar-refractivity contribution in [3.63, 3.8) is 0 Å². The molecule has 0 atom stereocenters. The summed E-state index contributed by atoms with van der Waals surface area (Å²) in [6.45, 7) is 3.30. The lowest BCUT2D eigenvalue weighted by atomic mass is 10.1. The van der Waals surface area contributed by atoms with Gasteiger partial charge in [0.05, 0.1) is 13.2 Å². The highest BCUT2D eigenvalue weighted by Crippen LogP contribution is 2.32. The Morgan fingerprint density at radius 1 is 1.24 bits per heavy atom. The van der Waals surface area contributed by atoms with Gasteiger partial charge in [0.2, 0.25) is 0 Å². The number of sulfonamides is 1. The van der Waals surface area contributed by atoms with Gasteiger partial charge in [0.1, 0.15) is 4.21 Å². The van der Waals surface area contributed by atoms with E-state index in [-0.39, 0.29) is 5.91 Å². The third-order valence-electron chi connectivity index (χ3n) is 5.84. The maximum Gasteiger partial charge on any atom is 0.274 e. The van der Waals surface area contributed by atoms with E-state index in [1.165, 1.54) is 28.5 Å². The van der Waals surface area contributed by atoms with Gasteiger partial charge < -0.3 is 9.64 Å². The molecule has 0 aromatic carbocycles. The minimum Gasteiger partial charge on any atom is -0.376 e. The molecule has 5 rings (SSSR count). The van der Waals surface area contributed by atoms with E-state index >= 15 is 0 Å². The standard InChI is InChI=1S/C19H24N4O4S2/c24-19(18-15-13-27-10-5-16(15)23(20-18)12-14-3-4-14)21-6-8-22(9-7-21)29(25,26)17-2-1-11-28-17/h1-2,11,14H,3-10,12-13H2. The second kappa shape index (κ2) is 7.50. The van der Waals surface area contributed by atoms with Crippen molar-refractivity contribution in [2.45, 2.75) is 36.6 Å². The van der Waals surface area contributed by atoms with E-state index in [1.807, 2.05) is 4.68 Å². The zero-order valence-electron chi connectivity index (χ0n) is 16.1.